The first-order chi connectivity index (χ1) is 9.09. The van der Waals surface area contributed by atoms with Crippen LogP contribution in [0.15, 0.2) is 0 Å². The van der Waals surface area contributed by atoms with Gasteiger partial charge in [-0.1, -0.05) is 0 Å². The third-order valence-corrected chi connectivity index (χ3v) is 4.07. The molecule has 1 saturated heterocycles. The lowest BCUT2D eigenvalue weighted by molar-refractivity contribution is -0.166. The van der Waals surface area contributed by atoms with Gasteiger partial charge in [0.15, 0.2) is 5.92 Å². The van der Waals surface area contributed by atoms with Crippen molar-refractivity contribution in [2.45, 2.75) is 32.9 Å². The van der Waals surface area contributed by atoms with Crippen LogP contribution in [0.2, 0.25) is 0 Å². The highest BCUT2D eigenvalue weighted by molar-refractivity contribution is 5.74. The van der Waals surface area contributed by atoms with Crippen molar-refractivity contribution in [1.82, 2.24) is 4.90 Å². The molecular formula is C13H19F3N2O2. The van der Waals surface area contributed by atoms with Crippen LogP contribution in [-0.2, 0) is 4.79 Å². The maximum Gasteiger partial charge on any atom is 0.405 e. The minimum atomic E-state index is -4.54. The highest BCUT2D eigenvalue weighted by Crippen LogP contribution is 2.35. The SMILES string of the molecule is CC(C)(C(=O)O)C1CCCN(CC(C#N)C(F)(F)F)C1. The number of carboxylic acids is 1. The standard InChI is InChI=1S/C13H19F3N2O2/c1-12(2,11(19)20)9-4-3-5-18(7-9)8-10(6-17)13(14,15)16/h9-10H,3-5,7-8H2,1-2H3,(H,19,20). The molecule has 20 heavy (non-hydrogen) atoms. The molecule has 4 nitrogen and oxygen atoms in total. The summed E-state index contributed by atoms with van der Waals surface area (Å²) in [6.07, 6.45) is -3.21. The molecule has 1 aliphatic heterocycles. The van der Waals surface area contributed by atoms with E-state index in [0.29, 0.717) is 19.4 Å². The van der Waals surface area contributed by atoms with Crippen molar-refractivity contribution < 1.29 is 23.1 Å². The summed E-state index contributed by atoms with van der Waals surface area (Å²) >= 11 is 0. The van der Waals surface area contributed by atoms with Crippen LogP contribution < -0.4 is 0 Å². The Morgan fingerprint density at radius 2 is 2.10 bits per heavy atom. The molecule has 1 N–H and O–H groups in total. The minimum Gasteiger partial charge on any atom is -0.481 e. The fourth-order valence-corrected chi connectivity index (χ4v) is 2.46. The fraction of sp³-hybridized carbons (Fsp3) is 0.846. The Kier molecular flexibility index (Phi) is 5.03. The quantitative estimate of drug-likeness (QED) is 0.864. The highest BCUT2D eigenvalue weighted by Gasteiger charge is 2.43. The lowest BCUT2D eigenvalue weighted by Gasteiger charge is -2.39. The highest BCUT2D eigenvalue weighted by atomic mass is 19.4. The van der Waals surface area contributed by atoms with Crippen molar-refractivity contribution in [3.8, 4) is 6.07 Å². The van der Waals surface area contributed by atoms with Crippen molar-refractivity contribution in [3.05, 3.63) is 0 Å². The van der Waals surface area contributed by atoms with Gasteiger partial charge in [-0.25, -0.2) is 0 Å². The van der Waals surface area contributed by atoms with Gasteiger partial charge < -0.3 is 10.0 Å². The van der Waals surface area contributed by atoms with Crippen LogP contribution in [0.5, 0.6) is 0 Å². The van der Waals surface area contributed by atoms with Gasteiger partial charge in [-0.05, 0) is 39.2 Å². The average molecular weight is 292 g/mol. The summed E-state index contributed by atoms with van der Waals surface area (Å²) in [5.74, 6) is -3.17. The monoisotopic (exact) mass is 292 g/mol. The van der Waals surface area contributed by atoms with Crippen molar-refractivity contribution >= 4 is 5.97 Å². The maximum atomic E-state index is 12.6. The summed E-state index contributed by atoms with van der Waals surface area (Å²) in [7, 11) is 0. The molecule has 0 saturated carbocycles. The zero-order valence-corrected chi connectivity index (χ0v) is 11.6. The third-order valence-electron chi connectivity index (χ3n) is 4.07. The van der Waals surface area contributed by atoms with Crippen LogP contribution in [0.1, 0.15) is 26.7 Å². The van der Waals surface area contributed by atoms with E-state index < -0.39 is 23.5 Å². The lowest BCUT2D eigenvalue weighted by atomic mass is 9.74. The van der Waals surface area contributed by atoms with Gasteiger partial charge in [0.1, 0.15) is 0 Å². The van der Waals surface area contributed by atoms with Gasteiger partial charge in [0.25, 0.3) is 0 Å². The second-order valence-corrected chi connectivity index (χ2v) is 5.85. The Bertz CT molecular complexity index is 401. The Morgan fingerprint density at radius 3 is 2.55 bits per heavy atom. The van der Waals surface area contributed by atoms with E-state index in [1.807, 2.05) is 0 Å². The molecule has 2 atom stereocenters. The Hall–Kier alpha value is -1.29. The molecule has 1 heterocycles. The van der Waals surface area contributed by atoms with Gasteiger partial charge in [-0.15, -0.1) is 0 Å². The first-order valence-electron chi connectivity index (χ1n) is 6.51. The van der Waals surface area contributed by atoms with E-state index in [9.17, 15) is 23.1 Å². The normalized spacial score (nSPS) is 23.1. The minimum absolute atomic E-state index is 0.207. The molecule has 1 fully saturated rings. The number of hydrogen-bond acceptors (Lipinski definition) is 3. The number of aliphatic carboxylic acids is 1. The fourth-order valence-electron chi connectivity index (χ4n) is 2.46. The Morgan fingerprint density at radius 1 is 1.50 bits per heavy atom. The van der Waals surface area contributed by atoms with Crippen molar-refractivity contribution in [3.63, 3.8) is 0 Å². The largest absolute Gasteiger partial charge is 0.481 e. The maximum absolute atomic E-state index is 12.6. The number of halogens is 3. The number of nitrogens with zero attached hydrogens (tertiary/aromatic N) is 2. The number of alkyl halides is 3. The van der Waals surface area contributed by atoms with Crippen molar-refractivity contribution in [2.75, 3.05) is 19.6 Å². The van der Waals surface area contributed by atoms with E-state index in [4.69, 9.17) is 5.26 Å². The zero-order chi connectivity index (χ0) is 15.6. The van der Waals surface area contributed by atoms with Crippen LogP contribution in [-0.4, -0.2) is 41.8 Å². The van der Waals surface area contributed by atoms with Gasteiger partial charge in [0.05, 0.1) is 11.5 Å². The third kappa shape index (κ3) is 3.85. The molecule has 1 rings (SSSR count). The summed E-state index contributed by atoms with van der Waals surface area (Å²) in [5.41, 5.74) is -0.973. The smallest absolute Gasteiger partial charge is 0.405 e. The number of carbonyl (C=O) groups is 1. The number of likely N-dealkylation sites (tertiary alicyclic amines) is 1. The van der Waals surface area contributed by atoms with E-state index in [1.54, 1.807) is 18.7 Å². The molecule has 114 valence electrons. The predicted molar refractivity (Wildman–Crippen MR) is 65.7 cm³/mol. The summed E-state index contributed by atoms with van der Waals surface area (Å²) < 4.78 is 37.8. The van der Waals surface area contributed by atoms with Crippen LogP contribution in [0.3, 0.4) is 0 Å². The molecule has 2 unspecified atom stereocenters. The second kappa shape index (κ2) is 6.00. The molecule has 7 heteroatoms. The number of rotatable bonds is 4. The molecule has 0 aliphatic carbocycles. The lowest BCUT2D eigenvalue weighted by Crippen LogP contribution is -2.47. The predicted octanol–water partition coefficient (Wildman–Crippen LogP) is 2.51. The van der Waals surface area contributed by atoms with Crippen LogP contribution in [0.25, 0.3) is 0 Å². The van der Waals surface area contributed by atoms with Gasteiger partial charge in [0, 0.05) is 13.1 Å². The molecule has 0 radical (unpaired) electrons. The number of hydrogen-bond donors (Lipinski definition) is 1. The topological polar surface area (TPSA) is 64.3 Å². The molecule has 0 aromatic heterocycles. The number of carboxylic acid groups (broad SMARTS) is 1. The van der Waals surface area contributed by atoms with E-state index in [1.165, 1.54) is 6.07 Å². The van der Waals surface area contributed by atoms with Crippen LogP contribution in [0.4, 0.5) is 13.2 Å². The second-order valence-electron chi connectivity index (χ2n) is 5.85. The van der Waals surface area contributed by atoms with E-state index in [0.717, 1.165) is 0 Å². The molecule has 0 aromatic carbocycles. The van der Waals surface area contributed by atoms with Crippen LogP contribution >= 0.6 is 0 Å². The zero-order valence-electron chi connectivity index (χ0n) is 11.6. The molecule has 0 amide bonds. The van der Waals surface area contributed by atoms with Gasteiger partial charge in [-0.2, -0.15) is 18.4 Å². The first-order valence-corrected chi connectivity index (χ1v) is 6.51. The summed E-state index contributed by atoms with van der Waals surface area (Å²) in [4.78, 5) is 12.8. The van der Waals surface area contributed by atoms with Gasteiger partial charge >= 0.3 is 12.1 Å². The average Bonchev–Trinajstić information content (AvgIpc) is 2.34. The molecule has 0 bridgehead atoms. The van der Waals surface area contributed by atoms with E-state index in [2.05, 4.69) is 0 Å². The Labute approximate surface area is 116 Å². The molecular weight excluding hydrogens is 273 g/mol. The van der Waals surface area contributed by atoms with Crippen LogP contribution in [0, 0.1) is 28.6 Å². The van der Waals surface area contributed by atoms with E-state index >= 15 is 0 Å². The summed E-state index contributed by atoms with van der Waals surface area (Å²) in [6, 6.07) is 1.28. The Balaban J connectivity index is 2.71. The van der Waals surface area contributed by atoms with Gasteiger partial charge in [0.2, 0.25) is 0 Å². The first kappa shape index (κ1) is 16.8. The summed E-state index contributed by atoms with van der Waals surface area (Å²) in [5, 5.41) is 17.8. The summed E-state index contributed by atoms with van der Waals surface area (Å²) in [6.45, 7) is 3.56. The van der Waals surface area contributed by atoms with E-state index in [-0.39, 0.29) is 19.0 Å². The molecule has 1 aliphatic rings. The van der Waals surface area contributed by atoms with Gasteiger partial charge in [-0.3, -0.25) is 4.79 Å². The van der Waals surface area contributed by atoms with Crippen molar-refractivity contribution in [1.29, 1.82) is 5.26 Å². The molecule has 0 aromatic rings. The number of piperidine rings is 1. The van der Waals surface area contributed by atoms with Crippen molar-refractivity contribution in [2.24, 2.45) is 17.3 Å². The molecule has 0 spiro atoms. The number of nitriles is 1.